The fourth-order valence-electron chi connectivity index (χ4n) is 2.26. The van der Waals surface area contributed by atoms with Crippen LogP contribution >= 0.6 is 0 Å². The highest BCUT2D eigenvalue weighted by Crippen LogP contribution is 2.17. The molecule has 0 saturated carbocycles. The van der Waals surface area contributed by atoms with Crippen molar-refractivity contribution in [2.24, 2.45) is 0 Å². The van der Waals surface area contributed by atoms with E-state index in [1.807, 2.05) is 24.3 Å². The van der Waals surface area contributed by atoms with Gasteiger partial charge in [0.05, 0.1) is 7.11 Å². The average Bonchev–Trinajstić information content (AvgIpc) is 2.99. The molecule has 0 radical (unpaired) electrons. The van der Waals surface area contributed by atoms with E-state index in [0.717, 1.165) is 11.3 Å². The minimum Gasteiger partial charge on any atom is -0.496 e. The van der Waals surface area contributed by atoms with Gasteiger partial charge in [-0.1, -0.05) is 23.4 Å². The summed E-state index contributed by atoms with van der Waals surface area (Å²) in [6, 6.07) is 9.14. The van der Waals surface area contributed by atoms with Crippen LogP contribution in [-0.4, -0.2) is 30.6 Å². The Labute approximate surface area is 140 Å². The van der Waals surface area contributed by atoms with Crippen LogP contribution in [0.1, 0.15) is 24.7 Å². The maximum absolute atomic E-state index is 12.0. The van der Waals surface area contributed by atoms with Gasteiger partial charge in [0.25, 0.3) is 0 Å². The summed E-state index contributed by atoms with van der Waals surface area (Å²) in [7, 11) is 1.59. The highest BCUT2D eigenvalue weighted by molar-refractivity contribution is 5.91. The summed E-state index contributed by atoms with van der Waals surface area (Å²) in [4.78, 5) is 25.2. The van der Waals surface area contributed by atoms with E-state index in [4.69, 9.17) is 9.26 Å². The van der Waals surface area contributed by atoms with E-state index in [1.54, 1.807) is 20.1 Å². The maximum atomic E-state index is 12.0. The largest absolute Gasteiger partial charge is 0.496 e. The molecule has 0 spiro atoms. The fourth-order valence-corrected chi connectivity index (χ4v) is 2.26. The number of benzene rings is 1. The van der Waals surface area contributed by atoms with Gasteiger partial charge in [-0.25, -0.2) is 0 Å². The first-order valence-corrected chi connectivity index (χ1v) is 7.61. The van der Waals surface area contributed by atoms with Crippen LogP contribution in [0.15, 0.2) is 34.9 Å². The lowest BCUT2D eigenvalue weighted by molar-refractivity contribution is -0.121. The zero-order valence-corrected chi connectivity index (χ0v) is 14.0. The highest BCUT2D eigenvalue weighted by atomic mass is 16.5. The van der Waals surface area contributed by atoms with Gasteiger partial charge in [-0.2, -0.15) is 0 Å². The second-order valence-electron chi connectivity index (χ2n) is 5.30. The van der Waals surface area contributed by atoms with Gasteiger partial charge < -0.3 is 14.6 Å². The van der Waals surface area contributed by atoms with Crippen LogP contribution in [-0.2, 0) is 16.1 Å². The first-order valence-electron chi connectivity index (χ1n) is 7.61. The van der Waals surface area contributed by atoms with Crippen molar-refractivity contribution in [2.75, 3.05) is 18.6 Å². The molecule has 128 valence electrons. The lowest BCUT2D eigenvalue weighted by Gasteiger charge is -2.17. The molecular formula is C17H21N3O4. The second kappa shape index (κ2) is 8.14. The van der Waals surface area contributed by atoms with Gasteiger partial charge in [-0.05, 0) is 13.0 Å². The van der Waals surface area contributed by atoms with E-state index in [0.29, 0.717) is 18.1 Å². The molecular weight excluding hydrogens is 310 g/mol. The Morgan fingerprint density at radius 1 is 1.33 bits per heavy atom. The Bertz CT molecular complexity index is 711. The summed E-state index contributed by atoms with van der Waals surface area (Å²) in [5, 5.41) is 6.64. The van der Waals surface area contributed by atoms with Crippen LogP contribution in [0.3, 0.4) is 0 Å². The molecule has 0 aliphatic carbocycles. The molecule has 2 amide bonds. The van der Waals surface area contributed by atoms with E-state index < -0.39 is 0 Å². The number of para-hydroxylation sites is 1. The van der Waals surface area contributed by atoms with Gasteiger partial charge in [0, 0.05) is 38.1 Å². The molecule has 0 fully saturated rings. The number of hydrogen-bond acceptors (Lipinski definition) is 5. The quantitative estimate of drug-likeness (QED) is 0.839. The molecule has 0 aliphatic rings. The summed E-state index contributed by atoms with van der Waals surface area (Å²) in [5.41, 5.74) is 0.893. The first-order chi connectivity index (χ1) is 11.5. The number of rotatable bonds is 7. The van der Waals surface area contributed by atoms with Gasteiger partial charge in [0.2, 0.25) is 11.8 Å². The van der Waals surface area contributed by atoms with E-state index in [2.05, 4.69) is 10.5 Å². The highest BCUT2D eigenvalue weighted by Gasteiger charge is 2.17. The zero-order chi connectivity index (χ0) is 17.5. The van der Waals surface area contributed by atoms with Crippen molar-refractivity contribution in [3.63, 3.8) is 0 Å². The SMILES string of the molecule is COc1ccccc1CNC(=O)CCN(C(C)=O)c1cc(C)on1. The number of anilines is 1. The Balaban J connectivity index is 1.88. The summed E-state index contributed by atoms with van der Waals surface area (Å²) in [6.45, 7) is 3.77. The minimum atomic E-state index is -0.194. The van der Waals surface area contributed by atoms with Gasteiger partial charge in [0.15, 0.2) is 5.82 Å². The molecule has 0 aliphatic heterocycles. The van der Waals surface area contributed by atoms with Gasteiger partial charge in [-0.15, -0.1) is 0 Å². The molecule has 1 aromatic heterocycles. The van der Waals surface area contributed by atoms with Gasteiger partial charge >= 0.3 is 0 Å². The van der Waals surface area contributed by atoms with Crippen LogP contribution in [0.4, 0.5) is 5.82 Å². The maximum Gasteiger partial charge on any atom is 0.225 e. The van der Waals surface area contributed by atoms with Crippen LogP contribution < -0.4 is 15.0 Å². The predicted octanol–water partition coefficient (Wildman–Crippen LogP) is 2.05. The summed E-state index contributed by atoms with van der Waals surface area (Å²) < 4.78 is 10.2. The predicted molar refractivity (Wildman–Crippen MR) is 88.7 cm³/mol. The van der Waals surface area contributed by atoms with E-state index in [1.165, 1.54) is 11.8 Å². The van der Waals surface area contributed by atoms with Crippen LogP contribution in [0, 0.1) is 6.92 Å². The van der Waals surface area contributed by atoms with Crippen molar-refractivity contribution in [1.29, 1.82) is 0 Å². The third kappa shape index (κ3) is 4.58. The Morgan fingerprint density at radius 3 is 2.71 bits per heavy atom. The van der Waals surface area contributed by atoms with Crippen molar-refractivity contribution in [2.45, 2.75) is 26.8 Å². The van der Waals surface area contributed by atoms with Crippen molar-refractivity contribution in [3.8, 4) is 5.75 Å². The molecule has 7 nitrogen and oxygen atoms in total. The standard InChI is InChI=1S/C17H21N3O4/c1-12-10-16(19-24-12)20(13(2)21)9-8-17(22)18-11-14-6-4-5-7-15(14)23-3/h4-7,10H,8-9,11H2,1-3H3,(H,18,22). The zero-order valence-electron chi connectivity index (χ0n) is 14.0. The lowest BCUT2D eigenvalue weighted by atomic mass is 10.2. The van der Waals surface area contributed by atoms with Crippen molar-refractivity contribution in [1.82, 2.24) is 10.5 Å². The van der Waals surface area contributed by atoms with E-state index >= 15 is 0 Å². The fraction of sp³-hybridized carbons (Fsp3) is 0.353. The number of nitrogens with one attached hydrogen (secondary N) is 1. The molecule has 0 atom stereocenters. The molecule has 0 bridgehead atoms. The van der Waals surface area contributed by atoms with Crippen LogP contribution in [0.25, 0.3) is 0 Å². The molecule has 1 heterocycles. The molecule has 0 unspecified atom stereocenters. The number of carbonyl (C=O) groups excluding carboxylic acids is 2. The first kappa shape index (κ1) is 17.5. The third-order valence-electron chi connectivity index (χ3n) is 3.50. The molecule has 2 aromatic rings. The number of aromatic nitrogens is 1. The molecule has 7 heteroatoms. The summed E-state index contributed by atoms with van der Waals surface area (Å²) in [6.07, 6.45) is 0.167. The van der Waals surface area contributed by atoms with Crippen LogP contribution in [0.5, 0.6) is 5.75 Å². The Kier molecular flexibility index (Phi) is 5.95. The van der Waals surface area contributed by atoms with Crippen molar-refractivity contribution >= 4 is 17.6 Å². The minimum absolute atomic E-state index is 0.160. The normalized spacial score (nSPS) is 10.3. The molecule has 1 aromatic carbocycles. The molecule has 0 saturated heterocycles. The Hall–Kier alpha value is -2.83. The monoisotopic (exact) mass is 331 g/mol. The Morgan fingerprint density at radius 2 is 2.08 bits per heavy atom. The van der Waals surface area contributed by atoms with Gasteiger partial charge in [0.1, 0.15) is 11.5 Å². The topological polar surface area (TPSA) is 84.7 Å². The number of aryl methyl sites for hydroxylation is 1. The number of hydrogen-bond donors (Lipinski definition) is 1. The number of methoxy groups -OCH3 is 1. The van der Waals surface area contributed by atoms with Crippen molar-refractivity contribution < 1.29 is 18.8 Å². The summed E-state index contributed by atoms with van der Waals surface area (Å²) in [5.74, 6) is 1.39. The number of carbonyl (C=O) groups is 2. The molecule has 1 N–H and O–H groups in total. The van der Waals surface area contributed by atoms with E-state index in [-0.39, 0.29) is 24.8 Å². The van der Waals surface area contributed by atoms with Crippen LogP contribution in [0.2, 0.25) is 0 Å². The van der Waals surface area contributed by atoms with E-state index in [9.17, 15) is 9.59 Å². The van der Waals surface area contributed by atoms with Gasteiger partial charge in [-0.3, -0.25) is 14.5 Å². The lowest BCUT2D eigenvalue weighted by Crippen LogP contribution is -2.34. The molecule has 24 heavy (non-hydrogen) atoms. The molecule has 2 rings (SSSR count). The average molecular weight is 331 g/mol. The van der Waals surface area contributed by atoms with Crippen molar-refractivity contribution in [3.05, 3.63) is 41.7 Å². The number of ether oxygens (including phenoxy) is 1. The number of amides is 2. The smallest absolute Gasteiger partial charge is 0.225 e. The summed E-state index contributed by atoms with van der Waals surface area (Å²) >= 11 is 0. The third-order valence-corrected chi connectivity index (χ3v) is 3.50. The number of nitrogens with zero attached hydrogens (tertiary/aromatic N) is 2. The second-order valence-corrected chi connectivity index (χ2v) is 5.30.